The molecular weight excluding hydrogens is 306 g/mol. The van der Waals surface area contributed by atoms with E-state index in [9.17, 15) is 13.2 Å². The first-order chi connectivity index (χ1) is 10.5. The molecule has 6 nitrogen and oxygen atoms in total. The number of benzene rings is 1. The molecule has 0 fully saturated rings. The first-order valence-electron chi connectivity index (χ1n) is 7.37. The summed E-state index contributed by atoms with van der Waals surface area (Å²) in [6, 6.07) is 5.92. The van der Waals surface area contributed by atoms with Crippen LogP contribution >= 0.6 is 0 Å². The van der Waals surface area contributed by atoms with E-state index in [1.54, 1.807) is 6.92 Å². The summed E-state index contributed by atoms with van der Waals surface area (Å²) >= 11 is 0. The zero-order valence-corrected chi connectivity index (χ0v) is 13.8. The third-order valence-corrected chi connectivity index (χ3v) is 4.35. The number of hydrogen-bond donors (Lipinski definition) is 1. The highest BCUT2D eigenvalue weighted by Crippen LogP contribution is 2.16. The molecule has 0 bridgehead atoms. The molecule has 0 saturated heterocycles. The Bertz CT molecular complexity index is 554. The molecule has 124 valence electrons. The van der Waals surface area contributed by atoms with Gasteiger partial charge in [-0.2, -0.15) is 0 Å². The van der Waals surface area contributed by atoms with Gasteiger partial charge in [-0.3, -0.25) is 0 Å². The molecule has 7 heteroatoms. The topological polar surface area (TPSA) is 81.7 Å². The predicted molar refractivity (Wildman–Crippen MR) is 83.3 cm³/mol. The number of sulfonamides is 1. The normalized spacial score (nSPS) is 11.2. The summed E-state index contributed by atoms with van der Waals surface area (Å²) in [5.74, 6) is -0.0465. The second-order valence-electron chi connectivity index (χ2n) is 4.67. The van der Waals surface area contributed by atoms with Gasteiger partial charge in [-0.05, 0) is 37.6 Å². The summed E-state index contributed by atoms with van der Waals surface area (Å²) in [6.07, 6.45) is 2.84. The van der Waals surface area contributed by atoms with E-state index >= 15 is 0 Å². The SMILES string of the molecule is CCCCCNS(=O)(=O)c1ccc(OCC(=O)OCC)cc1. The third kappa shape index (κ3) is 6.44. The van der Waals surface area contributed by atoms with Crippen LogP contribution in [-0.4, -0.2) is 34.1 Å². The highest BCUT2D eigenvalue weighted by Gasteiger charge is 2.13. The van der Waals surface area contributed by atoms with Gasteiger partial charge < -0.3 is 9.47 Å². The largest absolute Gasteiger partial charge is 0.482 e. The second kappa shape index (κ2) is 9.42. The minimum absolute atomic E-state index is 0.174. The quantitative estimate of drug-likeness (QED) is 0.525. The maximum absolute atomic E-state index is 12.0. The van der Waals surface area contributed by atoms with Crippen LogP contribution in [0.5, 0.6) is 5.75 Å². The Morgan fingerprint density at radius 1 is 1.14 bits per heavy atom. The lowest BCUT2D eigenvalue weighted by atomic mass is 10.3. The van der Waals surface area contributed by atoms with Crippen LogP contribution in [0.1, 0.15) is 33.1 Å². The van der Waals surface area contributed by atoms with Crippen molar-refractivity contribution in [1.29, 1.82) is 0 Å². The zero-order valence-electron chi connectivity index (χ0n) is 13.0. The van der Waals surface area contributed by atoms with Gasteiger partial charge in [0.2, 0.25) is 10.0 Å². The van der Waals surface area contributed by atoms with Crippen LogP contribution < -0.4 is 9.46 Å². The molecule has 0 saturated carbocycles. The van der Waals surface area contributed by atoms with Crippen molar-refractivity contribution in [1.82, 2.24) is 4.72 Å². The van der Waals surface area contributed by atoms with Gasteiger partial charge in [0.1, 0.15) is 5.75 Å². The van der Waals surface area contributed by atoms with E-state index in [0.717, 1.165) is 19.3 Å². The van der Waals surface area contributed by atoms with Crippen LogP contribution in [-0.2, 0) is 19.6 Å². The molecule has 1 aromatic rings. The number of esters is 1. The fraction of sp³-hybridized carbons (Fsp3) is 0.533. The summed E-state index contributed by atoms with van der Waals surface area (Å²) in [5.41, 5.74) is 0. The number of unbranched alkanes of at least 4 members (excludes halogenated alkanes) is 2. The number of carbonyl (C=O) groups excluding carboxylic acids is 1. The van der Waals surface area contributed by atoms with Crippen LogP contribution in [0.15, 0.2) is 29.2 Å². The van der Waals surface area contributed by atoms with Crippen LogP contribution in [0.25, 0.3) is 0 Å². The molecule has 0 aliphatic rings. The highest BCUT2D eigenvalue weighted by atomic mass is 32.2. The Hall–Kier alpha value is -1.60. The summed E-state index contributed by atoms with van der Waals surface area (Å²) in [4.78, 5) is 11.3. The van der Waals surface area contributed by atoms with Crippen molar-refractivity contribution >= 4 is 16.0 Å². The second-order valence-corrected chi connectivity index (χ2v) is 6.44. The lowest BCUT2D eigenvalue weighted by molar-refractivity contribution is -0.145. The molecule has 0 amide bonds. The van der Waals surface area contributed by atoms with Gasteiger partial charge in [0.15, 0.2) is 6.61 Å². The standard InChI is InChI=1S/C15H23NO5S/c1-3-5-6-11-16-22(18,19)14-9-7-13(8-10-14)21-12-15(17)20-4-2/h7-10,16H,3-6,11-12H2,1-2H3. The molecule has 0 unspecified atom stereocenters. The van der Waals surface area contributed by atoms with Crippen molar-refractivity contribution in [3.8, 4) is 5.75 Å². The summed E-state index contributed by atoms with van der Waals surface area (Å²) < 4.78 is 36.6. The Balaban J connectivity index is 2.54. The number of carbonyl (C=O) groups is 1. The predicted octanol–water partition coefficient (Wildman–Crippen LogP) is 2.10. The maximum Gasteiger partial charge on any atom is 0.344 e. The Morgan fingerprint density at radius 2 is 1.82 bits per heavy atom. The van der Waals surface area contributed by atoms with Crippen molar-refractivity contribution in [2.75, 3.05) is 19.8 Å². The van der Waals surface area contributed by atoms with Gasteiger partial charge in [0.25, 0.3) is 0 Å². The van der Waals surface area contributed by atoms with Crippen molar-refractivity contribution < 1.29 is 22.7 Å². The lowest BCUT2D eigenvalue weighted by Crippen LogP contribution is -2.24. The molecule has 0 radical (unpaired) electrons. The lowest BCUT2D eigenvalue weighted by Gasteiger charge is -2.08. The van der Waals surface area contributed by atoms with Gasteiger partial charge in [0.05, 0.1) is 11.5 Å². The van der Waals surface area contributed by atoms with Crippen molar-refractivity contribution in [3.63, 3.8) is 0 Å². The fourth-order valence-electron chi connectivity index (χ4n) is 1.72. The van der Waals surface area contributed by atoms with Gasteiger partial charge in [-0.1, -0.05) is 19.8 Å². The number of rotatable bonds is 10. The molecule has 0 atom stereocenters. The average molecular weight is 329 g/mol. The van der Waals surface area contributed by atoms with Crippen LogP contribution in [0, 0.1) is 0 Å². The molecule has 1 aromatic carbocycles. The molecule has 0 aliphatic heterocycles. The summed E-state index contributed by atoms with van der Waals surface area (Å²) in [5, 5.41) is 0. The smallest absolute Gasteiger partial charge is 0.344 e. The van der Waals surface area contributed by atoms with Crippen LogP contribution in [0.4, 0.5) is 0 Å². The molecule has 0 spiro atoms. The zero-order chi connectivity index (χ0) is 16.4. The van der Waals surface area contributed by atoms with E-state index in [1.165, 1.54) is 24.3 Å². The molecule has 22 heavy (non-hydrogen) atoms. The number of hydrogen-bond acceptors (Lipinski definition) is 5. The van der Waals surface area contributed by atoms with Crippen molar-refractivity contribution in [3.05, 3.63) is 24.3 Å². The number of ether oxygens (including phenoxy) is 2. The average Bonchev–Trinajstić information content (AvgIpc) is 2.50. The summed E-state index contributed by atoms with van der Waals surface area (Å²) in [6.45, 7) is 4.30. The van der Waals surface area contributed by atoms with Crippen molar-refractivity contribution in [2.24, 2.45) is 0 Å². The monoisotopic (exact) mass is 329 g/mol. The molecule has 0 heterocycles. The van der Waals surface area contributed by atoms with Gasteiger partial charge in [0, 0.05) is 6.54 Å². The minimum Gasteiger partial charge on any atom is -0.482 e. The first-order valence-corrected chi connectivity index (χ1v) is 8.86. The molecule has 0 aromatic heterocycles. The highest BCUT2D eigenvalue weighted by molar-refractivity contribution is 7.89. The number of nitrogens with one attached hydrogen (secondary N) is 1. The summed E-state index contributed by atoms with van der Waals surface area (Å²) in [7, 11) is -3.49. The van der Waals surface area contributed by atoms with Gasteiger partial charge in [-0.15, -0.1) is 0 Å². The molecule has 1 N–H and O–H groups in total. The van der Waals surface area contributed by atoms with Gasteiger partial charge in [-0.25, -0.2) is 17.9 Å². The van der Waals surface area contributed by atoms with Gasteiger partial charge >= 0.3 is 5.97 Å². The Labute approximate surface area is 131 Å². The van der Waals surface area contributed by atoms with E-state index in [4.69, 9.17) is 9.47 Å². The van der Waals surface area contributed by atoms with Crippen LogP contribution in [0.3, 0.4) is 0 Å². The third-order valence-electron chi connectivity index (χ3n) is 2.87. The first kappa shape index (κ1) is 18.4. The maximum atomic E-state index is 12.0. The van der Waals surface area contributed by atoms with Crippen LogP contribution in [0.2, 0.25) is 0 Å². The fourth-order valence-corrected chi connectivity index (χ4v) is 2.80. The minimum atomic E-state index is -3.49. The molecule has 0 aliphatic carbocycles. The Morgan fingerprint density at radius 3 is 2.41 bits per heavy atom. The van der Waals surface area contributed by atoms with E-state index in [2.05, 4.69) is 11.6 Å². The Kier molecular flexibility index (Phi) is 7.90. The van der Waals surface area contributed by atoms with E-state index in [1.807, 2.05) is 0 Å². The molecular formula is C15H23NO5S. The van der Waals surface area contributed by atoms with E-state index < -0.39 is 16.0 Å². The molecule has 1 rings (SSSR count). The van der Waals surface area contributed by atoms with E-state index in [-0.39, 0.29) is 11.5 Å². The van der Waals surface area contributed by atoms with E-state index in [0.29, 0.717) is 18.9 Å². The van der Waals surface area contributed by atoms with Crippen molar-refractivity contribution in [2.45, 2.75) is 38.0 Å².